The number of rotatable bonds is 10. The van der Waals surface area contributed by atoms with Crippen molar-refractivity contribution in [2.75, 3.05) is 47.5 Å². The molecular weight excluding hydrogens is 783 g/mol. The molecule has 17 heteroatoms. The smallest absolute Gasteiger partial charge is 0.409 e. The van der Waals surface area contributed by atoms with E-state index in [0.29, 0.717) is 23.9 Å². The van der Waals surface area contributed by atoms with Crippen LogP contribution in [0.3, 0.4) is 0 Å². The predicted octanol–water partition coefficient (Wildman–Crippen LogP) is 5.24. The fraction of sp³-hybridized carbons (Fsp3) is 0.432. The molecule has 17 nitrogen and oxygen atoms in total. The molecule has 322 valence electrons. The molecule has 2 aromatic carbocycles. The van der Waals surface area contributed by atoms with E-state index in [1.54, 1.807) is 22.2 Å². The quantitative estimate of drug-likeness (QED) is 0.121. The SMILES string of the molecule is COC(=O)NC(C(=O)N1CCN(C(=O)OC)CC1c1nc(-c2ccccc2C#Cc2ccc(-c3cnc(C4CCCN4C(=O)C(NC(=O)OC)C(C)C)[nH]3)cc2)c[nH]1)C(C)C. The Bertz CT molecular complexity index is 2270. The lowest BCUT2D eigenvalue weighted by Gasteiger charge is -2.41. The largest absolute Gasteiger partial charge is 0.453 e. The van der Waals surface area contributed by atoms with E-state index in [4.69, 9.17) is 19.2 Å². The third kappa shape index (κ3) is 9.97. The normalized spacial score (nSPS) is 17.3. The van der Waals surface area contributed by atoms with Gasteiger partial charge in [-0.15, -0.1) is 0 Å². The van der Waals surface area contributed by atoms with Gasteiger partial charge in [-0.05, 0) is 48.4 Å². The maximum atomic E-state index is 14.0. The van der Waals surface area contributed by atoms with Crippen molar-refractivity contribution in [1.29, 1.82) is 0 Å². The van der Waals surface area contributed by atoms with Gasteiger partial charge in [0.1, 0.15) is 29.8 Å². The maximum Gasteiger partial charge on any atom is 0.409 e. The average Bonchev–Trinajstić information content (AvgIpc) is 4.08. The first kappa shape index (κ1) is 43.7. The number of aromatic nitrogens is 4. The van der Waals surface area contributed by atoms with E-state index < -0.39 is 36.4 Å². The molecule has 2 aliphatic rings. The summed E-state index contributed by atoms with van der Waals surface area (Å²) in [5.74, 6) is 6.83. The van der Waals surface area contributed by atoms with Crippen LogP contribution < -0.4 is 10.6 Å². The van der Waals surface area contributed by atoms with Gasteiger partial charge in [0.25, 0.3) is 0 Å². The van der Waals surface area contributed by atoms with Crippen molar-refractivity contribution in [2.24, 2.45) is 11.8 Å². The average molecular weight is 836 g/mol. The first-order chi connectivity index (χ1) is 29.3. The molecule has 2 aliphatic heterocycles. The second kappa shape index (κ2) is 19.5. The molecule has 2 saturated heterocycles. The Kier molecular flexibility index (Phi) is 14.0. The number of methoxy groups -OCH3 is 3. The molecule has 0 saturated carbocycles. The highest BCUT2D eigenvalue weighted by Gasteiger charge is 2.40. The number of alkyl carbamates (subject to hydrolysis) is 2. The van der Waals surface area contributed by atoms with Crippen molar-refractivity contribution in [1.82, 2.24) is 45.3 Å². The zero-order valence-electron chi connectivity index (χ0n) is 35.5. The standard InChI is InChI=1S/C44H53N9O8/c1-26(2)36(49-42(56)59-5)40(54)52-20-10-13-34(52)38-45-23-32(47-38)30-18-15-28(16-19-30)14-17-29-11-8-9-12-31(29)33-24-46-39(48-33)35-25-51(44(58)61-7)21-22-53(35)41(55)37(27(3)4)50-43(57)60-6/h8-9,11-12,15-16,18-19,23-24,26-27,34-37H,10,13,20-22,25H2,1-7H3,(H,45,47)(H,46,48)(H,49,56)(H,50,57). The van der Waals surface area contributed by atoms with Crippen LogP contribution in [-0.2, 0) is 23.8 Å². The Morgan fingerprint density at radius 3 is 2.03 bits per heavy atom. The molecule has 5 amide bonds. The number of benzene rings is 2. The molecule has 6 rings (SSSR count). The molecule has 4 atom stereocenters. The summed E-state index contributed by atoms with van der Waals surface area (Å²) in [6.07, 6.45) is 3.20. The van der Waals surface area contributed by atoms with E-state index in [9.17, 15) is 24.0 Å². The highest BCUT2D eigenvalue weighted by Crippen LogP contribution is 2.33. The van der Waals surface area contributed by atoms with Crippen LogP contribution in [0.5, 0.6) is 0 Å². The topological polar surface area (TPSA) is 204 Å². The zero-order valence-corrected chi connectivity index (χ0v) is 35.5. The Hall–Kier alpha value is -6.83. The fourth-order valence-electron chi connectivity index (χ4n) is 7.63. The van der Waals surface area contributed by atoms with Gasteiger partial charge < -0.3 is 49.5 Å². The van der Waals surface area contributed by atoms with E-state index in [1.807, 2.05) is 76.2 Å². The molecule has 4 N–H and O–H groups in total. The zero-order chi connectivity index (χ0) is 43.8. The van der Waals surface area contributed by atoms with E-state index in [2.05, 4.69) is 37.4 Å². The number of hydrogen-bond donors (Lipinski definition) is 4. The minimum absolute atomic E-state index is 0.124. The minimum Gasteiger partial charge on any atom is -0.453 e. The van der Waals surface area contributed by atoms with Gasteiger partial charge in [-0.2, -0.15) is 0 Å². The van der Waals surface area contributed by atoms with Gasteiger partial charge in [-0.25, -0.2) is 24.4 Å². The lowest BCUT2D eigenvalue weighted by atomic mass is 10.0. The van der Waals surface area contributed by atoms with Crippen molar-refractivity contribution in [2.45, 2.75) is 64.7 Å². The van der Waals surface area contributed by atoms with Crippen molar-refractivity contribution >= 4 is 30.1 Å². The highest BCUT2D eigenvalue weighted by molar-refractivity contribution is 5.87. The summed E-state index contributed by atoms with van der Waals surface area (Å²) < 4.78 is 14.5. The molecule has 61 heavy (non-hydrogen) atoms. The van der Waals surface area contributed by atoms with Crippen LogP contribution in [0.25, 0.3) is 22.5 Å². The molecule has 2 fully saturated rings. The number of H-pyrrole nitrogens is 2. The number of amides is 5. The first-order valence-electron chi connectivity index (χ1n) is 20.3. The van der Waals surface area contributed by atoms with Crippen LogP contribution >= 0.6 is 0 Å². The monoisotopic (exact) mass is 835 g/mol. The van der Waals surface area contributed by atoms with Crippen LogP contribution in [0, 0.1) is 23.7 Å². The number of imidazole rings is 2. The van der Waals surface area contributed by atoms with Gasteiger partial charge in [0.15, 0.2) is 0 Å². The minimum atomic E-state index is -0.863. The molecule has 4 aromatic rings. The van der Waals surface area contributed by atoms with Crippen LogP contribution in [-0.4, -0.2) is 124 Å². The Labute approximate surface area is 354 Å². The molecule has 4 heterocycles. The van der Waals surface area contributed by atoms with Crippen molar-refractivity contribution in [3.05, 3.63) is 83.7 Å². The number of carbonyl (C=O) groups excluding carboxylic acids is 5. The molecule has 2 aromatic heterocycles. The third-order valence-electron chi connectivity index (χ3n) is 11.0. The lowest BCUT2D eigenvalue weighted by molar-refractivity contribution is -0.139. The Balaban J connectivity index is 1.19. The fourth-order valence-corrected chi connectivity index (χ4v) is 7.63. The van der Waals surface area contributed by atoms with Gasteiger partial charge in [-0.3, -0.25) is 9.59 Å². The summed E-state index contributed by atoms with van der Waals surface area (Å²) in [6, 6.07) is 12.9. The van der Waals surface area contributed by atoms with Crippen LogP contribution in [0.1, 0.15) is 75.4 Å². The molecular formula is C44H53N9O8. The van der Waals surface area contributed by atoms with E-state index in [0.717, 1.165) is 40.8 Å². The van der Waals surface area contributed by atoms with E-state index in [-0.39, 0.29) is 49.3 Å². The number of likely N-dealkylation sites (tertiary alicyclic amines) is 1. The first-order valence-corrected chi connectivity index (χ1v) is 20.3. The second-order valence-corrected chi connectivity index (χ2v) is 15.6. The lowest BCUT2D eigenvalue weighted by Crippen LogP contribution is -2.58. The van der Waals surface area contributed by atoms with Gasteiger partial charge in [0.05, 0.1) is 51.5 Å². The summed E-state index contributed by atoms with van der Waals surface area (Å²) in [5, 5.41) is 5.33. The van der Waals surface area contributed by atoms with Crippen molar-refractivity contribution in [3.8, 4) is 34.4 Å². The Morgan fingerprint density at radius 2 is 1.41 bits per heavy atom. The van der Waals surface area contributed by atoms with Crippen molar-refractivity contribution < 1.29 is 38.2 Å². The van der Waals surface area contributed by atoms with Crippen LogP contribution in [0.15, 0.2) is 60.9 Å². The summed E-state index contributed by atoms with van der Waals surface area (Å²) >= 11 is 0. The summed E-state index contributed by atoms with van der Waals surface area (Å²) in [6.45, 7) is 8.56. The number of hydrogen-bond acceptors (Lipinski definition) is 10. The molecule has 4 unspecified atom stereocenters. The van der Waals surface area contributed by atoms with Gasteiger partial charge in [0, 0.05) is 42.5 Å². The molecule has 0 spiro atoms. The highest BCUT2D eigenvalue weighted by atomic mass is 16.5. The van der Waals surface area contributed by atoms with Gasteiger partial charge in [0.2, 0.25) is 11.8 Å². The van der Waals surface area contributed by atoms with Gasteiger partial charge >= 0.3 is 18.3 Å². The molecule has 0 radical (unpaired) electrons. The van der Waals surface area contributed by atoms with Gasteiger partial charge in [-0.1, -0.05) is 69.9 Å². The molecule has 0 bridgehead atoms. The number of nitrogens with one attached hydrogen (secondary N) is 4. The third-order valence-corrected chi connectivity index (χ3v) is 11.0. The number of piperazine rings is 1. The molecule has 0 aliphatic carbocycles. The van der Waals surface area contributed by atoms with Crippen molar-refractivity contribution in [3.63, 3.8) is 0 Å². The number of aromatic amines is 2. The van der Waals surface area contributed by atoms with Crippen LogP contribution in [0.2, 0.25) is 0 Å². The number of ether oxygens (including phenoxy) is 3. The Morgan fingerprint density at radius 1 is 0.770 bits per heavy atom. The number of nitrogens with zero attached hydrogens (tertiary/aromatic N) is 5. The van der Waals surface area contributed by atoms with E-state index >= 15 is 0 Å². The predicted molar refractivity (Wildman–Crippen MR) is 224 cm³/mol. The number of carbonyl (C=O) groups is 5. The summed E-state index contributed by atoms with van der Waals surface area (Å²) in [4.78, 5) is 85.4. The van der Waals surface area contributed by atoms with E-state index in [1.165, 1.54) is 26.2 Å². The van der Waals surface area contributed by atoms with Crippen LogP contribution in [0.4, 0.5) is 14.4 Å². The second-order valence-electron chi connectivity index (χ2n) is 15.6. The summed E-state index contributed by atoms with van der Waals surface area (Å²) in [7, 11) is 3.83. The summed E-state index contributed by atoms with van der Waals surface area (Å²) in [5.41, 5.74) is 4.59. The maximum absolute atomic E-state index is 14.0.